The molecular weight excluding hydrogens is 731 g/mol. The van der Waals surface area contributed by atoms with Gasteiger partial charge >= 0.3 is 328 Å². The van der Waals surface area contributed by atoms with E-state index in [1.54, 1.807) is 32.9 Å². The van der Waals surface area contributed by atoms with Gasteiger partial charge in [0.1, 0.15) is 0 Å². The van der Waals surface area contributed by atoms with Crippen molar-refractivity contribution in [2.75, 3.05) is 0 Å². The summed E-state index contributed by atoms with van der Waals surface area (Å²) in [5.74, 6) is 2.72. The monoisotopic (exact) mass is 802 g/mol. The molecule has 0 saturated heterocycles. The molecule has 0 atom stereocenters. The minimum absolute atomic E-state index is 0.0607. The summed E-state index contributed by atoms with van der Waals surface area (Å²) in [5.41, 5.74) is 18.3. The number of benzene rings is 4. The molecule has 278 valence electrons. The van der Waals surface area contributed by atoms with E-state index in [1.165, 1.54) is 44.5 Å². The molecule has 1 aliphatic rings. The van der Waals surface area contributed by atoms with Gasteiger partial charge in [-0.15, -0.1) is 0 Å². The molecule has 5 rings (SSSR count). The normalized spacial score (nSPS) is 13.4. The summed E-state index contributed by atoms with van der Waals surface area (Å²) in [4.78, 5) is 0. The Hall–Kier alpha value is -2.45. The van der Waals surface area contributed by atoms with Gasteiger partial charge in [0, 0.05) is 0 Å². The van der Waals surface area contributed by atoms with Crippen LogP contribution in [-0.2, 0) is 10.8 Å². The Morgan fingerprint density at radius 1 is 0.365 bits per heavy atom. The first-order valence-corrected chi connectivity index (χ1v) is 24.7. The quantitative estimate of drug-likeness (QED) is 0.137. The molecule has 4 aromatic rings. The van der Waals surface area contributed by atoms with Crippen LogP contribution in [0, 0.1) is 0 Å². The predicted octanol–water partition coefficient (Wildman–Crippen LogP) is 13.5. The van der Waals surface area contributed by atoms with E-state index >= 15 is 0 Å². The molecule has 0 radical (unpaired) electrons. The molecule has 0 saturated carbocycles. The van der Waals surface area contributed by atoms with Crippen molar-refractivity contribution >= 4 is 30.0 Å². The van der Waals surface area contributed by atoms with Crippen LogP contribution in [0.15, 0.2) is 60.7 Å². The topological polar surface area (TPSA) is 0 Å². The first-order valence-electron chi connectivity index (χ1n) is 20.4. The Morgan fingerprint density at radius 3 is 0.885 bits per heavy atom. The standard InChI is InChI=1S/C21H24.2C15H23.Sn/c1-20(2,3)16-7-9-18-14(12-16)11-15-13-17(21(4,5)6)8-10-19(15)18;2*1-10(2)13-7-14(11(3)4)9-15(8-13)12(5)6;/h7-10,12-13H,1-6H3;2*7-8,10-12H,1-6H3;. The van der Waals surface area contributed by atoms with Crippen molar-refractivity contribution in [2.45, 2.75) is 171 Å². The molecule has 4 aromatic carbocycles. The van der Waals surface area contributed by atoms with Crippen molar-refractivity contribution < 1.29 is 0 Å². The molecular formula is C51H70Sn. The molecule has 0 spiro atoms. The molecule has 0 bridgehead atoms. The van der Waals surface area contributed by atoms with Gasteiger partial charge in [-0.3, -0.25) is 0 Å². The average Bonchev–Trinajstić information content (AvgIpc) is 3.36. The van der Waals surface area contributed by atoms with Gasteiger partial charge in [0.15, 0.2) is 0 Å². The van der Waals surface area contributed by atoms with Crippen LogP contribution in [0.1, 0.15) is 216 Å². The third-order valence-electron chi connectivity index (χ3n) is 11.6. The summed E-state index contributed by atoms with van der Waals surface area (Å²) < 4.78 is 5.19. The van der Waals surface area contributed by atoms with Crippen LogP contribution in [0.3, 0.4) is 0 Å². The van der Waals surface area contributed by atoms with Gasteiger partial charge in [0.2, 0.25) is 0 Å². The second-order valence-electron chi connectivity index (χ2n) is 19.8. The molecule has 0 unspecified atom stereocenters. The van der Waals surface area contributed by atoms with Gasteiger partial charge in [0.05, 0.1) is 0 Å². The van der Waals surface area contributed by atoms with Crippen molar-refractivity contribution in [3.8, 4) is 11.1 Å². The summed E-state index contributed by atoms with van der Waals surface area (Å²) in [6.07, 6.45) is 0. The van der Waals surface area contributed by atoms with E-state index in [4.69, 9.17) is 0 Å². The Kier molecular flexibility index (Phi) is 11.7. The zero-order chi connectivity index (χ0) is 38.8. The minimum atomic E-state index is -3.14. The molecule has 0 N–H and O–H groups in total. The number of fused-ring (bicyclic) bond motifs is 3. The van der Waals surface area contributed by atoms with Crippen LogP contribution in [0.2, 0.25) is 0 Å². The second kappa shape index (κ2) is 15.0. The molecule has 1 aliphatic carbocycles. The Balaban J connectivity index is 2.20. The van der Waals surface area contributed by atoms with Crippen LogP contribution in [0.4, 0.5) is 0 Å². The molecule has 0 aliphatic heterocycles. The maximum atomic E-state index is 2.64. The summed E-state index contributed by atoms with van der Waals surface area (Å²) in [5, 5.41) is 0. The summed E-state index contributed by atoms with van der Waals surface area (Å²) in [7, 11) is 0. The zero-order valence-corrected chi connectivity index (χ0v) is 39.1. The molecule has 0 amide bonds. The number of hydrogen-bond acceptors (Lipinski definition) is 0. The van der Waals surface area contributed by atoms with Gasteiger partial charge in [-0.05, 0) is 0 Å². The number of rotatable bonds is 8. The zero-order valence-electron chi connectivity index (χ0n) is 36.2. The predicted molar refractivity (Wildman–Crippen MR) is 235 cm³/mol. The fourth-order valence-corrected chi connectivity index (χ4v) is 20.5. The number of hydrogen-bond donors (Lipinski definition) is 0. The van der Waals surface area contributed by atoms with E-state index in [0.717, 1.165) is 0 Å². The molecule has 0 nitrogen and oxygen atoms in total. The van der Waals surface area contributed by atoms with Gasteiger partial charge in [-0.25, -0.2) is 0 Å². The fraction of sp³-hybridized carbons (Fsp3) is 0.510. The van der Waals surface area contributed by atoms with Gasteiger partial charge < -0.3 is 0 Å². The summed E-state index contributed by atoms with van der Waals surface area (Å²) >= 11 is -3.14. The van der Waals surface area contributed by atoms with Crippen LogP contribution in [0.25, 0.3) is 11.1 Å². The van der Waals surface area contributed by atoms with E-state index in [0.29, 0.717) is 35.5 Å². The van der Waals surface area contributed by atoms with E-state index in [9.17, 15) is 0 Å². The Labute approximate surface area is 326 Å². The molecule has 52 heavy (non-hydrogen) atoms. The van der Waals surface area contributed by atoms with Crippen molar-refractivity contribution in [1.29, 1.82) is 0 Å². The van der Waals surface area contributed by atoms with Gasteiger partial charge in [-0.2, -0.15) is 0 Å². The van der Waals surface area contributed by atoms with E-state index < -0.39 is 19.3 Å². The molecule has 0 aromatic heterocycles. The SMILES string of the molecule is CC(C)c1cc(C(C)C)[c]([Sn](=[C]2c3cc(C(C)(C)C)ccc3-c3ccc(C(C)(C)C)cc32)[c]2c(C(C)C)cc(C(C)C)cc2C(C)C)c(C(C)C)c1. The maximum absolute atomic E-state index is 3.14. The van der Waals surface area contributed by atoms with E-state index in [2.05, 4.69) is 185 Å². The van der Waals surface area contributed by atoms with Crippen LogP contribution in [0.5, 0.6) is 0 Å². The first-order chi connectivity index (χ1) is 24.0. The van der Waals surface area contributed by atoms with Gasteiger partial charge in [-0.1, -0.05) is 0 Å². The fourth-order valence-electron chi connectivity index (χ4n) is 8.18. The average molecular weight is 802 g/mol. The van der Waals surface area contributed by atoms with Crippen molar-refractivity contribution in [1.82, 2.24) is 0 Å². The second-order valence-corrected chi connectivity index (χ2v) is 26.3. The van der Waals surface area contributed by atoms with Crippen LogP contribution >= 0.6 is 0 Å². The van der Waals surface area contributed by atoms with E-state index in [-0.39, 0.29) is 10.8 Å². The first kappa shape index (κ1) is 40.7. The van der Waals surface area contributed by atoms with Crippen molar-refractivity contribution in [3.05, 3.63) is 116 Å². The van der Waals surface area contributed by atoms with Crippen molar-refractivity contribution in [3.63, 3.8) is 0 Å². The third kappa shape index (κ3) is 7.72. The van der Waals surface area contributed by atoms with Crippen LogP contribution < -0.4 is 7.16 Å². The molecule has 0 heterocycles. The van der Waals surface area contributed by atoms with E-state index in [1.807, 2.05) is 0 Å². The third-order valence-corrected chi connectivity index (χ3v) is 20.7. The van der Waals surface area contributed by atoms with Gasteiger partial charge in [0.25, 0.3) is 0 Å². The van der Waals surface area contributed by atoms with Crippen molar-refractivity contribution in [2.24, 2.45) is 0 Å². The Morgan fingerprint density at radius 2 is 0.654 bits per heavy atom. The Bertz CT molecular complexity index is 1790. The summed E-state index contributed by atoms with van der Waals surface area (Å²) in [6, 6.07) is 25.6. The molecule has 1 heteroatoms. The summed E-state index contributed by atoms with van der Waals surface area (Å²) in [6.45, 7) is 43.4. The van der Waals surface area contributed by atoms with Crippen LogP contribution in [-0.4, -0.2) is 22.8 Å². The molecule has 0 fully saturated rings.